The lowest BCUT2D eigenvalue weighted by molar-refractivity contribution is -0.274. The maximum absolute atomic E-state index is 13.4. The third kappa shape index (κ3) is 5.73. The number of rotatable bonds is 4. The normalized spacial score (nSPS) is 15.9. The van der Waals surface area contributed by atoms with Gasteiger partial charge in [0.25, 0.3) is 0 Å². The molecule has 1 aliphatic heterocycles. The van der Waals surface area contributed by atoms with Gasteiger partial charge >= 0.3 is 18.5 Å². The standard InChI is InChI=1S/C18H14F6O5/c1-3-26-6-5-10-7-12(29-18(22,23)24)8-11-9-13(16(25)27-4-2)15(17(19,20)21)28-14(10)11/h7-9,15H,3-4H2,1-2H3. The number of carbonyl (C=O) groups is 1. The van der Waals surface area contributed by atoms with E-state index in [0.29, 0.717) is 0 Å². The average molecular weight is 424 g/mol. The number of halogens is 6. The van der Waals surface area contributed by atoms with Crippen LogP contribution in [0.1, 0.15) is 25.0 Å². The summed E-state index contributed by atoms with van der Waals surface area (Å²) in [6.07, 6.45) is -9.86. The molecule has 0 amide bonds. The highest BCUT2D eigenvalue weighted by atomic mass is 19.4. The summed E-state index contributed by atoms with van der Waals surface area (Å²) in [6.45, 7) is 2.88. The van der Waals surface area contributed by atoms with Crippen molar-refractivity contribution in [2.24, 2.45) is 0 Å². The number of benzene rings is 1. The van der Waals surface area contributed by atoms with Crippen molar-refractivity contribution in [2.45, 2.75) is 32.5 Å². The van der Waals surface area contributed by atoms with Gasteiger partial charge in [-0.3, -0.25) is 0 Å². The predicted octanol–water partition coefficient (Wildman–Crippen LogP) is 4.20. The Bertz CT molecular complexity index is 860. The van der Waals surface area contributed by atoms with Gasteiger partial charge in [-0.1, -0.05) is 0 Å². The first kappa shape index (κ1) is 22.3. The molecule has 1 aliphatic rings. The zero-order chi connectivity index (χ0) is 21.8. The monoisotopic (exact) mass is 424 g/mol. The second-order valence-corrected chi connectivity index (χ2v) is 5.46. The van der Waals surface area contributed by atoms with Crippen LogP contribution in [0, 0.1) is 12.0 Å². The van der Waals surface area contributed by atoms with Gasteiger partial charge in [0.2, 0.25) is 6.10 Å². The molecule has 0 aromatic heterocycles. The Labute approximate surface area is 161 Å². The van der Waals surface area contributed by atoms with Crippen molar-refractivity contribution < 1.29 is 50.1 Å². The maximum Gasteiger partial charge on any atom is 0.573 e. The summed E-state index contributed by atoms with van der Waals surface area (Å²) in [5.74, 6) is -0.260. The second-order valence-electron chi connectivity index (χ2n) is 5.46. The number of carbonyl (C=O) groups excluding carboxylic acids is 1. The number of hydrogen-bond donors (Lipinski definition) is 0. The van der Waals surface area contributed by atoms with Gasteiger partial charge in [-0.25, -0.2) is 4.79 Å². The van der Waals surface area contributed by atoms with E-state index in [1.807, 2.05) is 0 Å². The number of fused-ring (bicyclic) bond motifs is 1. The molecular weight excluding hydrogens is 410 g/mol. The van der Waals surface area contributed by atoms with Gasteiger partial charge in [0.15, 0.2) is 0 Å². The lowest BCUT2D eigenvalue weighted by Gasteiger charge is -2.28. The Hall–Kier alpha value is -3.03. The van der Waals surface area contributed by atoms with Gasteiger partial charge in [0, 0.05) is 11.6 Å². The van der Waals surface area contributed by atoms with E-state index in [4.69, 9.17) is 9.47 Å². The van der Waals surface area contributed by atoms with E-state index >= 15 is 0 Å². The fraction of sp³-hybridized carbons (Fsp3) is 0.389. The van der Waals surface area contributed by atoms with Gasteiger partial charge in [-0.2, -0.15) is 13.2 Å². The Morgan fingerprint density at radius 2 is 1.83 bits per heavy atom. The summed E-state index contributed by atoms with van der Waals surface area (Å²) in [7, 11) is 0. The van der Waals surface area contributed by atoms with Crippen LogP contribution in [0.5, 0.6) is 11.5 Å². The van der Waals surface area contributed by atoms with Crippen molar-refractivity contribution in [1.82, 2.24) is 0 Å². The van der Waals surface area contributed by atoms with Crippen molar-refractivity contribution in [1.29, 1.82) is 0 Å². The van der Waals surface area contributed by atoms with Crippen LogP contribution in [-0.4, -0.2) is 37.8 Å². The van der Waals surface area contributed by atoms with Crippen LogP contribution < -0.4 is 9.47 Å². The molecule has 1 aromatic rings. The van der Waals surface area contributed by atoms with E-state index in [2.05, 4.69) is 21.5 Å². The summed E-state index contributed by atoms with van der Waals surface area (Å²) in [5.41, 5.74) is -1.53. The minimum atomic E-state index is -5.06. The van der Waals surface area contributed by atoms with Gasteiger partial charge in [-0.15, -0.1) is 13.2 Å². The lowest BCUT2D eigenvalue weighted by Crippen LogP contribution is -2.41. The molecule has 0 saturated heterocycles. The minimum absolute atomic E-state index is 0.132. The number of ether oxygens (including phenoxy) is 4. The zero-order valence-electron chi connectivity index (χ0n) is 15.0. The maximum atomic E-state index is 13.4. The summed E-state index contributed by atoms with van der Waals surface area (Å²) in [4.78, 5) is 11.9. The molecule has 0 saturated carbocycles. The fourth-order valence-electron chi connectivity index (χ4n) is 2.36. The van der Waals surface area contributed by atoms with Crippen molar-refractivity contribution in [3.63, 3.8) is 0 Å². The predicted molar refractivity (Wildman–Crippen MR) is 86.7 cm³/mol. The lowest BCUT2D eigenvalue weighted by atomic mass is 9.98. The van der Waals surface area contributed by atoms with Crippen molar-refractivity contribution >= 4 is 12.0 Å². The molecule has 0 bridgehead atoms. The SMILES string of the molecule is CCOC#Cc1cc(OC(F)(F)F)cc2c1OC(C(F)(F)F)C(C(=O)OCC)=C2. The fourth-order valence-corrected chi connectivity index (χ4v) is 2.36. The van der Waals surface area contributed by atoms with Crippen LogP contribution in [-0.2, 0) is 14.3 Å². The smallest absolute Gasteiger partial charge is 0.474 e. The van der Waals surface area contributed by atoms with Crippen molar-refractivity contribution in [3.05, 3.63) is 28.8 Å². The van der Waals surface area contributed by atoms with Crippen molar-refractivity contribution in [3.8, 4) is 23.5 Å². The molecule has 29 heavy (non-hydrogen) atoms. The first-order valence-electron chi connectivity index (χ1n) is 8.15. The molecule has 2 rings (SSSR count). The van der Waals surface area contributed by atoms with E-state index < -0.39 is 41.7 Å². The van der Waals surface area contributed by atoms with E-state index in [9.17, 15) is 31.1 Å². The van der Waals surface area contributed by atoms with Crippen LogP contribution >= 0.6 is 0 Å². The second kappa shape index (κ2) is 8.55. The summed E-state index contributed by atoms with van der Waals surface area (Å²) in [5, 5.41) is 0. The van der Waals surface area contributed by atoms with Crippen LogP contribution in [0.3, 0.4) is 0 Å². The molecule has 0 aliphatic carbocycles. The molecule has 1 aromatic carbocycles. The Balaban J connectivity index is 2.65. The summed E-state index contributed by atoms with van der Waals surface area (Å²) >= 11 is 0. The number of alkyl halides is 6. The number of hydrogen-bond acceptors (Lipinski definition) is 5. The van der Waals surface area contributed by atoms with E-state index in [0.717, 1.165) is 18.2 Å². The van der Waals surface area contributed by atoms with Crippen LogP contribution in [0.2, 0.25) is 0 Å². The Morgan fingerprint density at radius 3 is 2.38 bits per heavy atom. The van der Waals surface area contributed by atoms with E-state index in [1.165, 1.54) is 6.92 Å². The quantitative estimate of drug-likeness (QED) is 0.412. The summed E-state index contributed by atoms with van der Waals surface area (Å²) in [6, 6.07) is 1.54. The number of esters is 1. The first-order chi connectivity index (χ1) is 13.5. The minimum Gasteiger partial charge on any atom is -0.474 e. The largest absolute Gasteiger partial charge is 0.573 e. The molecule has 1 unspecified atom stereocenters. The first-order valence-corrected chi connectivity index (χ1v) is 8.15. The van der Waals surface area contributed by atoms with Gasteiger partial charge in [0.05, 0.1) is 24.4 Å². The summed E-state index contributed by atoms with van der Waals surface area (Å²) < 4.78 is 96.1. The Kier molecular flexibility index (Phi) is 6.56. The molecule has 5 nitrogen and oxygen atoms in total. The third-order valence-electron chi connectivity index (χ3n) is 3.36. The van der Waals surface area contributed by atoms with Gasteiger partial charge in [0.1, 0.15) is 17.6 Å². The molecule has 0 fully saturated rings. The van der Waals surface area contributed by atoms with Gasteiger partial charge in [-0.05, 0) is 31.9 Å². The topological polar surface area (TPSA) is 54.0 Å². The molecule has 1 atom stereocenters. The third-order valence-corrected chi connectivity index (χ3v) is 3.36. The van der Waals surface area contributed by atoms with Gasteiger partial charge < -0.3 is 18.9 Å². The molecular formula is C18H14F6O5. The molecule has 11 heteroatoms. The highest BCUT2D eigenvalue weighted by Gasteiger charge is 2.49. The molecule has 0 radical (unpaired) electrons. The van der Waals surface area contributed by atoms with Crippen LogP contribution in [0.25, 0.3) is 6.08 Å². The zero-order valence-corrected chi connectivity index (χ0v) is 15.0. The highest BCUT2D eigenvalue weighted by Crippen LogP contribution is 2.41. The molecule has 0 N–H and O–H groups in total. The van der Waals surface area contributed by atoms with Crippen LogP contribution in [0.15, 0.2) is 17.7 Å². The molecule has 158 valence electrons. The Morgan fingerprint density at radius 1 is 1.14 bits per heavy atom. The molecule has 0 spiro atoms. The average Bonchev–Trinajstić information content (AvgIpc) is 2.58. The highest BCUT2D eigenvalue weighted by molar-refractivity contribution is 5.96. The van der Waals surface area contributed by atoms with Crippen molar-refractivity contribution in [2.75, 3.05) is 13.2 Å². The van der Waals surface area contributed by atoms with Crippen LogP contribution in [0.4, 0.5) is 26.3 Å². The van der Waals surface area contributed by atoms with E-state index in [1.54, 1.807) is 6.92 Å². The molecule has 1 heterocycles. The van der Waals surface area contributed by atoms with E-state index in [-0.39, 0.29) is 24.3 Å².